The van der Waals surface area contributed by atoms with Gasteiger partial charge in [-0.3, -0.25) is 4.79 Å². The molecule has 1 atom stereocenters. The molecule has 0 spiro atoms. The molecule has 3 nitrogen and oxygen atoms in total. The molecule has 1 saturated carbocycles. The average molecular weight is 310 g/mol. The van der Waals surface area contributed by atoms with Crippen molar-refractivity contribution in [3.8, 4) is 0 Å². The Morgan fingerprint density at radius 3 is 2.57 bits per heavy atom. The van der Waals surface area contributed by atoms with Gasteiger partial charge in [-0.15, -0.1) is 0 Å². The molecule has 0 saturated heterocycles. The van der Waals surface area contributed by atoms with Gasteiger partial charge in [0, 0.05) is 0 Å². The van der Waals surface area contributed by atoms with E-state index < -0.39 is 5.60 Å². The third kappa shape index (κ3) is 4.37. The van der Waals surface area contributed by atoms with Crippen LogP contribution in [0.15, 0.2) is 18.2 Å². The molecule has 1 aliphatic carbocycles. The maximum absolute atomic E-state index is 12.2. The lowest BCUT2D eigenvalue weighted by atomic mass is 9.71. The highest BCUT2D eigenvalue weighted by Gasteiger charge is 2.32. The molecule has 0 amide bonds. The van der Waals surface area contributed by atoms with E-state index in [-0.39, 0.29) is 11.9 Å². The fourth-order valence-corrected chi connectivity index (χ4v) is 2.87. The highest BCUT2D eigenvalue weighted by atomic mass is 35.5. The van der Waals surface area contributed by atoms with Crippen LogP contribution in [-0.4, -0.2) is 11.6 Å². The first kappa shape index (κ1) is 16.2. The fraction of sp³-hybridized carbons (Fsp3) is 0.588. The van der Waals surface area contributed by atoms with Gasteiger partial charge in [-0.1, -0.05) is 24.1 Å². The van der Waals surface area contributed by atoms with E-state index in [0.29, 0.717) is 23.0 Å². The monoisotopic (exact) mass is 309 g/mol. The van der Waals surface area contributed by atoms with E-state index in [4.69, 9.17) is 22.1 Å². The van der Waals surface area contributed by atoms with Crippen molar-refractivity contribution in [3.63, 3.8) is 0 Å². The lowest BCUT2D eigenvalue weighted by Crippen LogP contribution is -2.28. The molecule has 0 bridgehead atoms. The quantitative estimate of drug-likeness (QED) is 0.656. The Morgan fingerprint density at radius 2 is 2.10 bits per heavy atom. The van der Waals surface area contributed by atoms with Crippen LogP contribution in [0.2, 0.25) is 5.02 Å². The number of hydrogen-bond donors (Lipinski definition) is 1. The number of ether oxygens (including phenoxy) is 1. The summed E-state index contributed by atoms with van der Waals surface area (Å²) in [6.07, 6.45) is 3.97. The summed E-state index contributed by atoms with van der Waals surface area (Å²) in [6.45, 7) is 5.68. The predicted octanol–water partition coefficient (Wildman–Crippen LogP) is 4.54. The Hall–Kier alpha value is -1.22. The second kappa shape index (κ2) is 6.27. The van der Waals surface area contributed by atoms with E-state index in [1.807, 2.05) is 39.0 Å². The van der Waals surface area contributed by atoms with Gasteiger partial charge in [-0.05, 0) is 63.1 Å². The van der Waals surface area contributed by atoms with Gasteiger partial charge >= 0.3 is 5.97 Å². The van der Waals surface area contributed by atoms with E-state index >= 15 is 0 Å². The molecule has 0 aromatic heterocycles. The van der Waals surface area contributed by atoms with Gasteiger partial charge < -0.3 is 10.5 Å². The van der Waals surface area contributed by atoms with Gasteiger partial charge in [0.15, 0.2) is 0 Å². The minimum Gasteiger partial charge on any atom is -0.460 e. The molecular formula is C17H24ClNO2. The standard InChI is InChI=1S/C17H24ClNO2/c1-17(2,3)21-16(20)10-13(11-5-4-6-11)12-7-8-14(18)15(19)9-12/h7-9,11,13H,4-6,10,19H2,1-3H3/t13-/m1/s1. The molecule has 21 heavy (non-hydrogen) atoms. The van der Waals surface area contributed by atoms with Crippen LogP contribution >= 0.6 is 11.6 Å². The number of rotatable bonds is 4. The third-order valence-corrected chi connectivity index (χ3v) is 4.32. The Labute approximate surface area is 131 Å². The zero-order valence-electron chi connectivity index (χ0n) is 13.0. The summed E-state index contributed by atoms with van der Waals surface area (Å²) in [7, 11) is 0. The zero-order chi connectivity index (χ0) is 15.6. The highest BCUT2D eigenvalue weighted by molar-refractivity contribution is 6.33. The number of carbonyl (C=O) groups is 1. The van der Waals surface area contributed by atoms with E-state index in [1.54, 1.807) is 0 Å². The van der Waals surface area contributed by atoms with Crippen LogP contribution in [-0.2, 0) is 9.53 Å². The highest BCUT2D eigenvalue weighted by Crippen LogP contribution is 2.42. The zero-order valence-corrected chi connectivity index (χ0v) is 13.7. The summed E-state index contributed by atoms with van der Waals surface area (Å²) < 4.78 is 5.47. The predicted molar refractivity (Wildman–Crippen MR) is 86.4 cm³/mol. The van der Waals surface area contributed by atoms with Gasteiger partial charge in [0.05, 0.1) is 17.1 Å². The lowest BCUT2D eigenvalue weighted by molar-refractivity contribution is -0.155. The van der Waals surface area contributed by atoms with Crippen molar-refractivity contribution >= 4 is 23.3 Å². The van der Waals surface area contributed by atoms with Gasteiger partial charge in [-0.25, -0.2) is 0 Å². The van der Waals surface area contributed by atoms with Crippen LogP contribution < -0.4 is 5.73 Å². The summed E-state index contributed by atoms with van der Waals surface area (Å²) in [5.74, 6) is 0.569. The van der Waals surface area contributed by atoms with E-state index in [1.165, 1.54) is 6.42 Å². The molecule has 1 aliphatic rings. The van der Waals surface area contributed by atoms with E-state index in [0.717, 1.165) is 18.4 Å². The van der Waals surface area contributed by atoms with Crippen LogP contribution in [0.5, 0.6) is 0 Å². The second-order valence-electron chi connectivity index (χ2n) is 6.87. The van der Waals surface area contributed by atoms with Crippen molar-refractivity contribution in [3.05, 3.63) is 28.8 Å². The minimum atomic E-state index is -0.444. The second-order valence-corrected chi connectivity index (χ2v) is 7.28. The molecule has 1 aromatic carbocycles. The molecule has 2 N–H and O–H groups in total. The van der Waals surface area contributed by atoms with Gasteiger partial charge in [0.2, 0.25) is 0 Å². The van der Waals surface area contributed by atoms with E-state index in [2.05, 4.69) is 0 Å². The number of anilines is 1. The lowest BCUT2D eigenvalue weighted by Gasteiger charge is -2.34. The van der Waals surface area contributed by atoms with Crippen LogP contribution in [0.4, 0.5) is 5.69 Å². The topological polar surface area (TPSA) is 52.3 Å². The van der Waals surface area contributed by atoms with Crippen molar-refractivity contribution < 1.29 is 9.53 Å². The smallest absolute Gasteiger partial charge is 0.306 e. The number of esters is 1. The molecule has 1 aromatic rings. The number of nitrogen functional groups attached to an aromatic ring is 1. The third-order valence-electron chi connectivity index (χ3n) is 3.97. The Kier molecular flexibility index (Phi) is 4.82. The Morgan fingerprint density at radius 1 is 1.43 bits per heavy atom. The van der Waals surface area contributed by atoms with E-state index in [9.17, 15) is 4.79 Å². The summed E-state index contributed by atoms with van der Waals surface area (Å²) in [6, 6.07) is 5.69. The molecular weight excluding hydrogens is 286 g/mol. The van der Waals surface area contributed by atoms with Gasteiger partial charge in [0.25, 0.3) is 0 Å². The molecule has 4 heteroatoms. The van der Waals surface area contributed by atoms with Crippen molar-refractivity contribution in [2.45, 2.75) is 58.0 Å². The molecule has 0 heterocycles. The van der Waals surface area contributed by atoms with Crippen LogP contribution in [0, 0.1) is 5.92 Å². The van der Waals surface area contributed by atoms with Crippen molar-refractivity contribution in [2.75, 3.05) is 5.73 Å². The van der Waals surface area contributed by atoms with Crippen LogP contribution in [0.25, 0.3) is 0 Å². The first-order chi connectivity index (χ1) is 9.76. The normalized spacial score (nSPS) is 17.1. The average Bonchev–Trinajstić information content (AvgIpc) is 2.27. The number of halogens is 1. The number of benzene rings is 1. The first-order valence-corrected chi connectivity index (χ1v) is 7.91. The maximum Gasteiger partial charge on any atom is 0.306 e. The fourth-order valence-electron chi connectivity index (χ4n) is 2.75. The molecule has 0 radical (unpaired) electrons. The maximum atomic E-state index is 12.2. The summed E-state index contributed by atoms with van der Waals surface area (Å²) in [4.78, 5) is 12.2. The molecule has 0 unspecified atom stereocenters. The largest absolute Gasteiger partial charge is 0.460 e. The van der Waals surface area contributed by atoms with Crippen LogP contribution in [0.1, 0.15) is 57.9 Å². The number of carbonyl (C=O) groups excluding carboxylic acids is 1. The van der Waals surface area contributed by atoms with Crippen molar-refractivity contribution in [2.24, 2.45) is 5.92 Å². The van der Waals surface area contributed by atoms with Crippen molar-refractivity contribution in [1.29, 1.82) is 0 Å². The number of nitrogens with two attached hydrogens (primary N) is 1. The summed E-state index contributed by atoms with van der Waals surface area (Å²) >= 11 is 5.99. The van der Waals surface area contributed by atoms with Crippen molar-refractivity contribution in [1.82, 2.24) is 0 Å². The SMILES string of the molecule is CC(C)(C)OC(=O)C[C@@H](c1ccc(Cl)c(N)c1)C1CCC1. The molecule has 116 valence electrons. The minimum absolute atomic E-state index is 0.145. The first-order valence-electron chi connectivity index (χ1n) is 7.53. The Balaban J connectivity index is 2.14. The van der Waals surface area contributed by atoms with Gasteiger partial charge in [0.1, 0.15) is 5.60 Å². The molecule has 1 fully saturated rings. The summed E-state index contributed by atoms with van der Waals surface area (Å²) in [5, 5.41) is 0.559. The molecule has 0 aliphatic heterocycles. The number of hydrogen-bond acceptors (Lipinski definition) is 3. The Bertz CT molecular complexity index is 518. The molecule has 2 rings (SSSR count). The van der Waals surface area contributed by atoms with Gasteiger partial charge in [-0.2, -0.15) is 0 Å². The summed E-state index contributed by atoms with van der Waals surface area (Å²) in [5.41, 5.74) is 7.12. The van der Waals surface area contributed by atoms with Crippen LogP contribution in [0.3, 0.4) is 0 Å².